The molecule has 1 saturated carbocycles. The first-order chi connectivity index (χ1) is 7.99. The predicted molar refractivity (Wildman–Crippen MR) is 72.3 cm³/mol. The van der Waals surface area contributed by atoms with E-state index in [4.69, 9.17) is 0 Å². The summed E-state index contributed by atoms with van der Waals surface area (Å²) in [4.78, 5) is 0.293. The average Bonchev–Trinajstić information content (AvgIpc) is 3.10. The van der Waals surface area contributed by atoms with Crippen LogP contribution in [0.1, 0.15) is 32.6 Å². The summed E-state index contributed by atoms with van der Waals surface area (Å²) in [5.74, 6) is 1.32. The van der Waals surface area contributed by atoms with Crippen LogP contribution in [0.4, 0.5) is 0 Å². The SMILES string of the molecule is CC1CCN(S(=O)(=O)NCC(Br)C2CC2)CC1. The second-order valence-corrected chi connectivity index (χ2v) is 8.22. The van der Waals surface area contributed by atoms with Gasteiger partial charge >= 0.3 is 0 Å². The van der Waals surface area contributed by atoms with E-state index in [9.17, 15) is 8.42 Å². The molecule has 17 heavy (non-hydrogen) atoms. The second-order valence-electron chi connectivity index (χ2n) is 5.29. The van der Waals surface area contributed by atoms with Crippen LogP contribution in [-0.2, 0) is 10.2 Å². The zero-order chi connectivity index (χ0) is 12.5. The van der Waals surface area contributed by atoms with E-state index in [-0.39, 0.29) is 0 Å². The monoisotopic (exact) mass is 324 g/mol. The lowest BCUT2D eigenvalue weighted by Crippen LogP contribution is -2.46. The van der Waals surface area contributed by atoms with Gasteiger partial charge in [0.25, 0.3) is 10.2 Å². The molecule has 6 heteroatoms. The number of nitrogens with one attached hydrogen (secondary N) is 1. The molecule has 0 aromatic carbocycles. The van der Waals surface area contributed by atoms with Crippen LogP contribution >= 0.6 is 15.9 Å². The summed E-state index contributed by atoms with van der Waals surface area (Å²) in [7, 11) is -3.25. The van der Waals surface area contributed by atoms with Gasteiger partial charge in [0.15, 0.2) is 0 Å². The van der Waals surface area contributed by atoms with E-state index in [0.29, 0.717) is 36.3 Å². The van der Waals surface area contributed by atoms with Gasteiger partial charge in [-0.05, 0) is 37.5 Å². The summed E-state index contributed by atoms with van der Waals surface area (Å²) >= 11 is 3.55. The van der Waals surface area contributed by atoms with Gasteiger partial charge in [0.2, 0.25) is 0 Å². The third-order valence-electron chi connectivity index (χ3n) is 3.68. The van der Waals surface area contributed by atoms with Crippen LogP contribution in [-0.4, -0.2) is 37.2 Å². The van der Waals surface area contributed by atoms with Crippen LogP contribution in [0.25, 0.3) is 0 Å². The Morgan fingerprint density at radius 3 is 2.41 bits per heavy atom. The quantitative estimate of drug-likeness (QED) is 0.783. The van der Waals surface area contributed by atoms with Crippen molar-refractivity contribution in [2.75, 3.05) is 19.6 Å². The summed E-state index contributed by atoms with van der Waals surface area (Å²) in [6, 6.07) is 0. The Morgan fingerprint density at radius 2 is 1.88 bits per heavy atom. The minimum Gasteiger partial charge on any atom is -0.201 e. The lowest BCUT2D eigenvalue weighted by atomic mass is 10.0. The molecular formula is C11H21BrN2O2S. The highest BCUT2D eigenvalue weighted by atomic mass is 79.9. The first-order valence-corrected chi connectivity index (χ1v) is 8.73. The van der Waals surface area contributed by atoms with Crippen LogP contribution in [0.3, 0.4) is 0 Å². The fourth-order valence-electron chi connectivity index (χ4n) is 2.13. The lowest BCUT2D eigenvalue weighted by molar-refractivity contribution is 0.285. The molecule has 0 spiro atoms. The Morgan fingerprint density at radius 1 is 1.29 bits per heavy atom. The molecule has 1 heterocycles. The largest absolute Gasteiger partial charge is 0.279 e. The summed E-state index contributed by atoms with van der Waals surface area (Å²) in [5, 5.41) is 0. The van der Waals surface area contributed by atoms with Gasteiger partial charge in [0, 0.05) is 24.5 Å². The highest BCUT2D eigenvalue weighted by Gasteiger charge is 2.31. The third kappa shape index (κ3) is 3.91. The maximum absolute atomic E-state index is 12.0. The fourth-order valence-corrected chi connectivity index (χ4v) is 4.30. The molecule has 0 aromatic heterocycles. The Labute approximate surface area is 112 Å². The molecule has 0 radical (unpaired) electrons. The summed E-state index contributed by atoms with van der Waals surface area (Å²) < 4.78 is 28.4. The minimum atomic E-state index is -3.25. The number of piperidine rings is 1. The predicted octanol–water partition coefficient (Wildman–Crippen LogP) is 1.73. The Balaban J connectivity index is 1.81. The smallest absolute Gasteiger partial charge is 0.201 e. The Bertz CT molecular complexity index is 348. The van der Waals surface area contributed by atoms with Gasteiger partial charge in [0.05, 0.1) is 0 Å². The second kappa shape index (κ2) is 5.55. The molecule has 1 saturated heterocycles. The molecule has 1 unspecified atom stereocenters. The average molecular weight is 325 g/mol. The van der Waals surface area contributed by atoms with Crippen molar-refractivity contribution in [1.82, 2.24) is 9.03 Å². The first kappa shape index (κ1) is 13.8. The number of hydrogen-bond acceptors (Lipinski definition) is 2. The van der Waals surface area contributed by atoms with Gasteiger partial charge in [-0.15, -0.1) is 0 Å². The van der Waals surface area contributed by atoms with E-state index in [0.717, 1.165) is 12.8 Å². The zero-order valence-electron chi connectivity index (χ0n) is 10.2. The normalized spacial score (nSPS) is 26.0. The highest BCUT2D eigenvalue weighted by molar-refractivity contribution is 9.09. The third-order valence-corrected chi connectivity index (χ3v) is 6.32. The summed E-state index contributed by atoms with van der Waals surface area (Å²) in [6.07, 6.45) is 4.39. The zero-order valence-corrected chi connectivity index (χ0v) is 12.6. The summed E-state index contributed by atoms with van der Waals surface area (Å²) in [6.45, 7) is 4.01. The Kier molecular flexibility index (Phi) is 4.50. The number of rotatable bonds is 5. The topological polar surface area (TPSA) is 49.4 Å². The minimum absolute atomic E-state index is 0.293. The maximum atomic E-state index is 12.0. The molecule has 1 aliphatic heterocycles. The first-order valence-electron chi connectivity index (χ1n) is 6.38. The molecule has 4 nitrogen and oxygen atoms in total. The van der Waals surface area contributed by atoms with Gasteiger partial charge in [-0.1, -0.05) is 22.9 Å². The number of halogens is 1. The van der Waals surface area contributed by atoms with Gasteiger partial charge in [0.1, 0.15) is 0 Å². The molecule has 2 aliphatic rings. The van der Waals surface area contributed by atoms with Crippen molar-refractivity contribution in [3.63, 3.8) is 0 Å². The van der Waals surface area contributed by atoms with E-state index in [1.165, 1.54) is 12.8 Å². The van der Waals surface area contributed by atoms with Crippen LogP contribution in [0, 0.1) is 11.8 Å². The Hall–Kier alpha value is 0.350. The van der Waals surface area contributed by atoms with Gasteiger partial charge in [-0.3, -0.25) is 0 Å². The van der Waals surface area contributed by atoms with Crippen LogP contribution < -0.4 is 4.72 Å². The molecule has 2 fully saturated rings. The number of hydrogen-bond donors (Lipinski definition) is 1. The van der Waals surface area contributed by atoms with E-state index < -0.39 is 10.2 Å². The van der Waals surface area contributed by atoms with E-state index in [2.05, 4.69) is 27.6 Å². The van der Waals surface area contributed by atoms with Crippen molar-refractivity contribution in [2.45, 2.75) is 37.4 Å². The number of nitrogens with zero attached hydrogens (tertiary/aromatic N) is 1. The van der Waals surface area contributed by atoms with Crippen molar-refractivity contribution < 1.29 is 8.42 Å². The maximum Gasteiger partial charge on any atom is 0.279 e. The van der Waals surface area contributed by atoms with Gasteiger partial charge in [-0.2, -0.15) is 12.7 Å². The van der Waals surface area contributed by atoms with E-state index >= 15 is 0 Å². The van der Waals surface area contributed by atoms with Crippen LogP contribution in [0.5, 0.6) is 0 Å². The molecule has 2 rings (SSSR count). The van der Waals surface area contributed by atoms with Crippen molar-refractivity contribution in [3.05, 3.63) is 0 Å². The molecule has 1 aliphatic carbocycles. The summed E-state index contributed by atoms with van der Waals surface area (Å²) in [5.41, 5.74) is 0. The molecule has 0 aromatic rings. The van der Waals surface area contributed by atoms with Crippen molar-refractivity contribution in [1.29, 1.82) is 0 Å². The van der Waals surface area contributed by atoms with Crippen LogP contribution in [0.15, 0.2) is 0 Å². The molecule has 1 N–H and O–H groups in total. The molecule has 0 amide bonds. The van der Waals surface area contributed by atoms with E-state index in [1.807, 2.05) is 0 Å². The van der Waals surface area contributed by atoms with Crippen molar-refractivity contribution >= 4 is 26.1 Å². The van der Waals surface area contributed by atoms with Crippen molar-refractivity contribution in [3.8, 4) is 0 Å². The molecule has 1 atom stereocenters. The molecular weight excluding hydrogens is 304 g/mol. The van der Waals surface area contributed by atoms with Gasteiger partial charge in [-0.25, -0.2) is 4.72 Å². The van der Waals surface area contributed by atoms with Gasteiger partial charge < -0.3 is 0 Å². The fraction of sp³-hybridized carbons (Fsp3) is 1.00. The number of alkyl halides is 1. The molecule has 0 bridgehead atoms. The van der Waals surface area contributed by atoms with E-state index in [1.54, 1.807) is 4.31 Å². The van der Waals surface area contributed by atoms with Crippen LogP contribution in [0.2, 0.25) is 0 Å². The van der Waals surface area contributed by atoms with Crippen molar-refractivity contribution in [2.24, 2.45) is 11.8 Å². The molecule has 100 valence electrons. The standard InChI is InChI=1S/C11H21BrN2O2S/c1-9-4-6-14(7-5-9)17(15,16)13-8-11(12)10-2-3-10/h9-11,13H,2-8H2,1H3. The lowest BCUT2D eigenvalue weighted by Gasteiger charge is -2.29. The highest BCUT2D eigenvalue weighted by Crippen LogP contribution is 2.36.